The topological polar surface area (TPSA) is 72.6 Å². The van der Waals surface area contributed by atoms with E-state index in [1.165, 1.54) is 4.90 Å². The van der Waals surface area contributed by atoms with Crippen LogP contribution in [0.3, 0.4) is 0 Å². The van der Waals surface area contributed by atoms with Gasteiger partial charge in [0.05, 0.1) is 5.92 Å². The van der Waals surface area contributed by atoms with Crippen LogP contribution in [0.25, 0.3) is 0 Å². The Morgan fingerprint density at radius 2 is 2.14 bits per heavy atom. The predicted octanol–water partition coefficient (Wildman–Crippen LogP) is 1.07. The van der Waals surface area contributed by atoms with E-state index >= 15 is 0 Å². The molecule has 7 heteroatoms. The van der Waals surface area contributed by atoms with Crippen LogP contribution in [0.15, 0.2) is 18.2 Å². The first-order valence-electron chi connectivity index (χ1n) is 6.62. The molecular weight excluding hydrogens is 282 g/mol. The van der Waals surface area contributed by atoms with Gasteiger partial charge in [0.2, 0.25) is 5.91 Å². The first-order chi connectivity index (χ1) is 9.97. The van der Waals surface area contributed by atoms with E-state index in [4.69, 9.17) is 10.5 Å². The molecule has 0 radical (unpaired) electrons. The van der Waals surface area contributed by atoms with Gasteiger partial charge in [-0.05, 0) is 25.0 Å². The number of hydrogen-bond acceptors (Lipinski definition) is 3. The highest BCUT2D eigenvalue weighted by atomic mass is 19.1. The monoisotopic (exact) mass is 298 g/mol. The van der Waals surface area contributed by atoms with E-state index < -0.39 is 17.5 Å². The van der Waals surface area contributed by atoms with E-state index in [9.17, 15) is 18.4 Å². The van der Waals surface area contributed by atoms with Gasteiger partial charge in [0.1, 0.15) is 5.82 Å². The van der Waals surface area contributed by atoms with Crippen LogP contribution >= 0.6 is 0 Å². The number of rotatable bonds is 4. The number of piperidine rings is 1. The Bertz CT molecular complexity index is 551. The summed E-state index contributed by atoms with van der Waals surface area (Å²) in [6, 6.07) is 2.86. The van der Waals surface area contributed by atoms with Gasteiger partial charge in [0.15, 0.2) is 18.2 Å². The van der Waals surface area contributed by atoms with E-state index in [0.29, 0.717) is 25.5 Å². The van der Waals surface area contributed by atoms with Crippen LogP contribution in [-0.2, 0) is 9.59 Å². The molecule has 5 nitrogen and oxygen atoms in total. The van der Waals surface area contributed by atoms with Crippen LogP contribution in [0.5, 0.6) is 5.75 Å². The Hall–Kier alpha value is -2.18. The van der Waals surface area contributed by atoms with Gasteiger partial charge in [-0.3, -0.25) is 9.59 Å². The van der Waals surface area contributed by atoms with Crippen molar-refractivity contribution in [1.82, 2.24) is 4.90 Å². The normalized spacial score (nSPS) is 18.4. The lowest BCUT2D eigenvalue weighted by molar-refractivity contribution is -0.136. The van der Waals surface area contributed by atoms with E-state index in [1.54, 1.807) is 0 Å². The molecule has 1 aromatic rings. The number of nitrogens with two attached hydrogens (primary N) is 1. The quantitative estimate of drug-likeness (QED) is 0.903. The minimum Gasteiger partial charge on any atom is -0.481 e. The molecule has 0 aromatic heterocycles. The van der Waals surface area contributed by atoms with Crippen molar-refractivity contribution in [2.75, 3.05) is 19.7 Å². The summed E-state index contributed by atoms with van der Waals surface area (Å²) in [5, 5.41) is 0. The van der Waals surface area contributed by atoms with E-state index in [1.807, 2.05) is 0 Å². The maximum absolute atomic E-state index is 13.4. The summed E-state index contributed by atoms with van der Waals surface area (Å²) >= 11 is 0. The number of amides is 2. The van der Waals surface area contributed by atoms with Gasteiger partial charge in [0, 0.05) is 19.2 Å². The van der Waals surface area contributed by atoms with Crippen molar-refractivity contribution in [3.05, 3.63) is 29.8 Å². The molecule has 1 fully saturated rings. The maximum Gasteiger partial charge on any atom is 0.260 e. The van der Waals surface area contributed by atoms with Crippen LogP contribution in [0.2, 0.25) is 0 Å². The number of benzene rings is 1. The van der Waals surface area contributed by atoms with Gasteiger partial charge in [-0.15, -0.1) is 0 Å². The molecule has 114 valence electrons. The van der Waals surface area contributed by atoms with Crippen LogP contribution in [-0.4, -0.2) is 36.4 Å². The average molecular weight is 298 g/mol. The molecule has 2 amide bonds. The summed E-state index contributed by atoms with van der Waals surface area (Å²) in [7, 11) is 0. The molecule has 1 aliphatic rings. The second kappa shape index (κ2) is 6.51. The molecule has 0 bridgehead atoms. The molecule has 21 heavy (non-hydrogen) atoms. The average Bonchev–Trinajstić information content (AvgIpc) is 2.46. The number of carbonyl (C=O) groups is 2. The summed E-state index contributed by atoms with van der Waals surface area (Å²) in [6.07, 6.45) is 1.34. The van der Waals surface area contributed by atoms with Crippen LogP contribution in [0.4, 0.5) is 8.78 Å². The molecule has 1 unspecified atom stereocenters. The van der Waals surface area contributed by atoms with Crippen molar-refractivity contribution in [1.29, 1.82) is 0 Å². The molecule has 0 saturated carbocycles. The molecule has 0 spiro atoms. The van der Waals surface area contributed by atoms with Crippen molar-refractivity contribution in [2.45, 2.75) is 12.8 Å². The summed E-state index contributed by atoms with van der Waals surface area (Å²) in [5.74, 6) is -2.91. The number of likely N-dealkylation sites (tertiary alicyclic amines) is 1. The molecular formula is C14H16F2N2O3. The van der Waals surface area contributed by atoms with Crippen LogP contribution in [0.1, 0.15) is 12.8 Å². The number of ether oxygens (including phenoxy) is 1. The van der Waals surface area contributed by atoms with Crippen LogP contribution in [0, 0.1) is 17.6 Å². The van der Waals surface area contributed by atoms with Crippen molar-refractivity contribution < 1.29 is 23.1 Å². The highest BCUT2D eigenvalue weighted by molar-refractivity contribution is 5.81. The molecule has 2 N–H and O–H groups in total. The van der Waals surface area contributed by atoms with E-state index in [-0.39, 0.29) is 30.7 Å². The Kier molecular flexibility index (Phi) is 4.72. The molecule has 1 atom stereocenters. The fraction of sp³-hybridized carbons (Fsp3) is 0.429. The number of carbonyl (C=O) groups excluding carboxylic acids is 2. The number of nitrogens with zero attached hydrogens (tertiary/aromatic N) is 1. The lowest BCUT2D eigenvalue weighted by Crippen LogP contribution is -2.45. The van der Waals surface area contributed by atoms with E-state index in [0.717, 1.165) is 12.1 Å². The zero-order valence-electron chi connectivity index (χ0n) is 11.4. The first kappa shape index (κ1) is 15.2. The Balaban J connectivity index is 1.90. The minimum absolute atomic E-state index is 0.187. The first-order valence-corrected chi connectivity index (χ1v) is 6.62. The Labute approximate surface area is 120 Å². The smallest absolute Gasteiger partial charge is 0.260 e. The SMILES string of the molecule is NC(=O)C1CCCN(C(=O)COc2ccc(F)cc2F)C1. The lowest BCUT2D eigenvalue weighted by atomic mass is 9.97. The predicted molar refractivity (Wildman–Crippen MR) is 70.4 cm³/mol. The third-order valence-corrected chi connectivity index (χ3v) is 3.42. The van der Waals surface area contributed by atoms with Crippen LogP contribution < -0.4 is 10.5 Å². The zero-order valence-corrected chi connectivity index (χ0v) is 11.4. The highest BCUT2D eigenvalue weighted by Crippen LogP contribution is 2.19. The number of halogens is 2. The summed E-state index contributed by atoms with van der Waals surface area (Å²) in [5.41, 5.74) is 5.24. The second-order valence-electron chi connectivity index (χ2n) is 4.94. The zero-order chi connectivity index (χ0) is 15.4. The van der Waals surface area contributed by atoms with Crippen molar-refractivity contribution in [3.63, 3.8) is 0 Å². The van der Waals surface area contributed by atoms with Gasteiger partial charge in [-0.1, -0.05) is 0 Å². The van der Waals surface area contributed by atoms with Crippen molar-refractivity contribution >= 4 is 11.8 Å². The molecule has 1 aliphatic heterocycles. The third kappa shape index (κ3) is 3.90. The summed E-state index contributed by atoms with van der Waals surface area (Å²) in [6.45, 7) is 0.398. The summed E-state index contributed by atoms with van der Waals surface area (Å²) in [4.78, 5) is 24.6. The maximum atomic E-state index is 13.4. The molecule has 2 rings (SSSR count). The second-order valence-corrected chi connectivity index (χ2v) is 4.94. The molecule has 1 heterocycles. The Morgan fingerprint density at radius 1 is 1.38 bits per heavy atom. The molecule has 1 aromatic carbocycles. The van der Waals surface area contributed by atoms with Crippen molar-refractivity contribution in [2.24, 2.45) is 11.7 Å². The van der Waals surface area contributed by atoms with Crippen molar-refractivity contribution in [3.8, 4) is 5.75 Å². The fourth-order valence-electron chi connectivity index (χ4n) is 2.26. The standard InChI is InChI=1S/C14H16F2N2O3/c15-10-3-4-12(11(16)6-10)21-8-13(19)18-5-1-2-9(7-18)14(17)20/h3-4,6,9H,1-2,5,7-8H2,(H2,17,20). The highest BCUT2D eigenvalue weighted by Gasteiger charge is 2.27. The molecule has 1 saturated heterocycles. The Morgan fingerprint density at radius 3 is 2.81 bits per heavy atom. The van der Waals surface area contributed by atoms with Gasteiger partial charge in [-0.25, -0.2) is 8.78 Å². The van der Waals surface area contributed by atoms with Gasteiger partial charge >= 0.3 is 0 Å². The minimum atomic E-state index is -0.864. The van der Waals surface area contributed by atoms with Gasteiger partial charge in [-0.2, -0.15) is 0 Å². The fourth-order valence-corrected chi connectivity index (χ4v) is 2.26. The largest absolute Gasteiger partial charge is 0.481 e. The molecule has 0 aliphatic carbocycles. The summed E-state index contributed by atoms with van der Waals surface area (Å²) < 4.78 is 31.2. The number of hydrogen-bond donors (Lipinski definition) is 1. The lowest BCUT2D eigenvalue weighted by Gasteiger charge is -2.31. The number of primary amides is 1. The van der Waals surface area contributed by atoms with Gasteiger partial charge in [0.25, 0.3) is 5.91 Å². The van der Waals surface area contributed by atoms with Gasteiger partial charge < -0.3 is 15.4 Å². The third-order valence-electron chi connectivity index (χ3n) is 3.42. The van der Waals surface area contributed by atoms with E-state index in [2.05, 4.69) is 0 Å².